The minimum absolute atomic E-state index is 0.705. The minimum Gasteiger partial charge on any atom is -0.320 e. The Balaban J connectivity index is 1.95. The molecule has 0 aliphatic heterocycles. The molecule has 9 heteroatoms. The lowest BCUT2D eigenvalue weighted by atomic mass is 10.6. The van der Waals surface area contributed by atoms with E-state index in [4.69, 9.17) is 0 Å². The molecular weight excluding hydrogens is 240 g/mol. The van der Waals surface area contributed by atoms with Gasteiger partial charge in [-0.3, -0.25) is 0 Å². The maximum absolute atomic E-state index is 4.01. The number of aromatic nitrogens is 7. The molecule has 0 spiro atoms. The van der Waals surface area contributed by atoms with E-state index >= 15 is 0 Å². The Morgan fingerprint density at radius 3 is 3.00 bits per heavy atom. The number of tetrazole rings is 1. The van der Waals surface area contributed by atoms with Crippen LogP contribution in [0.5, 0.6) is 0 Å². The van der Waals surface area contributed by atoms with E-state index in [9.17, 15) is 0 Å². The van der Waals surface area contributed by atoms with Gasteiger partial charge in [-0.1, -0.05) is 11.8 Å². The SMILES string of the molecule is CNCCn1nnnc1SCc1nncn1C. The summed E-state index contributed by atoms with van der Waals surface area (Å²) < 4.78 is 3.66. The van der Waals surface area contributed by atoms with Crippen molar-refractivity contribution in [1.29, 1.82) is 0 Å². The monoisotopic (exact) mass is 254 g/mol. The molecule has 17 heavy (non-hydrogen) atoms. The molecule has 0 aliphatic rings. The molecule has 0 saturated carbocycles. The van der Waals surface area contributed by atoms with Gasteiger partial charge in [-0.2, -0.15) is 0 Å². The fraction of sp³-hybridized carbons (Fsp3) is 0.625. The molecule has 0 bridgehead atoms. The van der Waals surface area contributed by atoms with Gasteiger partial charge in [-0.25, -0.2) is 4.68 Å². The Bertz CT molecular complexity index is 464. The van der Waals surface area contributed by atoms with Crippen molar-refractivity contribution in [3.05, 3.63) is 12.2 Å². The molecule has 0 amide bonds. The zero-order chi connectivity index (χ0) is 12.1. The average Bonchev–Trinajstić information content (AvgIpc) is 2.93. The summed E-state index contributed by atoms with van der Waals surface area (Å²) in [6.07, 6.45) is 1.68. The number of nitrogens with zero attached hydrogens (tertiary/aromatic N) is 7. The Labute approximate surface area is 103 Å². The van der Waals surface area contributed by atoms with Gasteiger partial charge in [0.05, 0.1) is 12.3 Å². The molecule has 8 nitrogen and oxygen atoms in total. The minimum atomic E-state index is 0.705. The van der Waals surface area contributed by atoms with Gasteiger partial charge in [0.25, 0.3) is 0 Å². The largest absolute Gasteiger partial charge is 0.320 e. The van der Waals surface area contributed by atoms with E-state index in [1.807, 2.05) is 18.7 Å². The van der Waals surface area contributed by atoms with Crippen LogP contribution in [0, 0.1) is 0 Å². The van der Waals surface area contributed by atoms with Gasteiger partial charge in [0.15, 0.2) is 0 Å². The summed E-state index contributed by atoms with van der Waals surface area (Å²) in [6, 6.07) is 0. The van der Waals surface area contributed by atoms with E-state index in [0.717, 1.165) is 24.1 Å². The second kappa shape index (κ2) is 5.73. The number of rotatable bonds is 6. The number of thioether (sulfide) groups is 1. The lowest BCUT2D eigenvalue weighted by Crippen LogP contribution is -2.16. The van der Waals surface area contributed by atoms with Gasteiger partial charge >= 0.3 is 0 Å². The van der Waals surface area contributed by atoms with E-state index in [2.05, 4.69) is 31.0 Å². The summed E-state index contributed by atoms with van der Waals surface area (Å²) in [5, 5.41) is 23.3. The van der Waals surface area contributed by atoms with Crippen LogP contribution in [0.1, 0.15) is 5.82 Å². The standard InChI is InChI=1S/C8H14N8S/c1-9-3-4-16-8(12-13-14-16)17-5-7-11-10-6-15(7)2/h6,9H,3-5H2,1-2H3. The van der Waals surface area contributed by atoms with Crippen LogP contribution < -0.4 is 5.32 Å². The third kappa shape index (κ3) is 3.01. The van der Waals surface area contributed by atoms with Crippen LogP contribution in [0.25, 0.3) is 0 Å². The predicted octanol–water partition coefficient (Wildman–Crippen LogP) is -0.687. The second-order valence-corrected chi connectivity index (χ2v) is 4.38. The molecule has 0 aliphatic carbocycles. The van der Waals surface area contributed by atoms with E-state index in [1.54, 1.807) is 22.8 Å². The van der Waals surface area contributed by atoms with Crippen LogP contribution in [0.4, 0.5) is 0 Å². The molecule has 2 aromatic rings. The van der Waals surface area contributed by atoms with Crippen molar-refractivity contribution in [2.75, 3.05) is 13.6 Å². The average molecular weight is 254 g/mol. The molecule has 0 atom stereocenters. The quantitative estimate of drug-likeness (QED) is 0.683. The third-order valence-corrected chi connectivity index (χ3v) is 3.16. The summed E-state index contributed by atoms with van der Waals surface area (Å²) in [5.41, 5.74) is 0. The van der Waals surface area contributed by atoms with Crippen molar-refractivity contribution in [2.24, 2.45) is 7.05 Å². The number of likely N-dealkylation sites (N-methyl/N-ethyl adjacent to an activating group) is 1. The fourth-order valence-electron chi connectivity index (χ4n) is 1.22. The Morgan fingerprint density at radius 2 is 2.29 bits per heavy atom. The van der Waals surface area contributed by atoms with E-state index < -0.39 is 0 Å². The lowest BCUT2D eigenvalue weighted by molar-refractivity contribution is 0.530. The Hall–Kier alpha value is -1.48. The molecule has 0 radical (unpaired) electrons. The predicted molar refractivity (Wildman–Crippen MR) is 62.3 cm³/mol. The van der Waals surface area contributed by atoms with E-state index in [0.29, 0.717) is 5.75 Å². The van der Waals surface area contributed by atoms with Crippen LogP contribution >= 0.6 is 11.8 Å². The summed E-state index contributed by atoms with van der Waals surface area (Å²) in [4.78, 5) is 0. The van der Waals surface area contributed by atoms with Crippen molar-refractivity contribution in [2.45, 2.75) is 17.5 Å². The topological polar surface area (TPSA) is 86.3 Å². The molecule has 0 fully saturated rings. The second-order valence-electron chi connectivity index (χ2n) is 3.43. The number of nitrogens with one attached hydrogen (secondary N) is 1. The summed E-state index contributed by atoms with van der Waals surface area (Å²) in [6.45, 7) is 1.59. The first-order valence-electron chi connectivity index (χ1n) is 5.17. The van der Waals surface area contributed by atoms with Crippen LogP contribution in [0.15, 0.2) is 11.5 Å². The molecule has 2 rings (SSSR count). The lowest BCUT2D eigenvalue weighted by Gasteiger charge is -2.03. The molecule has 0 aromatic carbocycles. The Kier molecular flexibility index (Phi) is 4.04. The highest BCUT2D eigenvalue weighted by Gasteiger charge is 2.08. The highest BCUT2D eigenvalue weighted by atomic mass is 32.2. The first-order valence-corrected chi connectivity index (χ1v) is 6.16. The summed E-state index contributed by atoms with van der Waals surface area (Å²) >= 11 is 1.55. The smallest absolute Gasteiger partial charge is 0.209 e. The molecule has 2 aromatic heterocycles. The van der Waals surface area contributed by atoms with Gasteiger partial charge in [0, 0.05) is 13.6 Å². The summed E-state index contributed by atoms with van der Waals surface area (Å²) in [5.74, 6) is 1.61. The van der Waals surface area contributed by atoms with Crippen molar-refractivity contribution in [3.63, 3.8) is 0 Å². The number of aryl methyl sites for hydroxylation is 1. The van der Waals surface area contributed by atoms with Crippen LogP contribution in [-0.4, -0.2) is 48.6 Å². The molecular formula is C8H14N8S. The van der Waals surface area contributed by atoms with Crippen molar-refractivity contribution in [3.8, 4) is 0 Å². The van der Waals surface area contributed by atoms with Crippen molar-refractivity contribution < 1.29 is 0 Å². The Morgan fingerprint density at radius 1 is 1.41 bits per heavy atom. The zero-order valence-corrected chi connectivity index (χ0v) is 10.6. The maximum Gasteiger partial charge on any atom is 0.209 e. The van der Waals surface area contributed by atoms with Gasteiger partial charge in [-0.15, -0.1) is 15.3 Å². The molecule has 92 valence electrons. The van der Waals surface area contributed by atoms with Crippen molar-refractivity contribution in [1.82, 2.24) is 40.3 Å². The molecule has 2 heterocycles. The van der Waals surface area contributed by atoms with Crippen LogP contribution in [0.3, 0.4) is 0 Å². The highest BCUT2D eigenvalue weighted by Crippen LogP contribution is 2.17. The first kappa shape index (κ1) is 12.0. The van der Waals surface area contributed by atoms with Gasteiger partial charge in [-0.05, 0) is 17.5 Å². The van der Waals surface area contributed by atoms with Crippen LogP contribution in [-0.2, 0) is 19.3 Å². The van der Waals surface area contributed by atoms with E-state index in [1.165, 1.54) is 0 Å². The molecule has 0 saturated heterocycles. The van der Waals surface area contributed by atoms with Gasteiger partial charge in [0.1, 0.15) is 12.2 Å². The molecule has 0 unspecified atom stereocenters. The number of hydrogen-bond donors (Lipinski definition) is 1. The number of hydrogen-bond acceptors (Lipinski definition) is 7. The van der Waals surface area contributed by atoms with Gasteiger partial charge < -0.3 is 9.88 Å². The normalized spacial score (nSPS) is 10.9. The third-order valence-electron chi connectivity index (χ3n) is 2.21. The molecule has 1 N–H and O–H groups in total. The van der Waals surface area contributed by atoms with Crippen LogP contribution in [0.2, 0.25) is 0 Å². The zero-order valence-electron chi connectivity index (χ0n) is 9.74. The van der Waals surface area contributed by atoms with Crippen molar-refractivity contribution >= 4 is 11.8 Å². The van der Waals surface area contributed by atoms with Gasteiger partial charge in [0.2, 0.25) is 5.16 Å². The first-order chi connectivity index (χ1) is 8.31. The van der Waals surface area contributed by atoms with E-state index in [-0.39, 0.29) is 0 Å². The summed E-state index contributed by atoms with van der Waals surface area (Å²) in [7, 11) is 3.82. The maximum atomic E-state index is 4.01. The fourth-order valence-corrected chi connectivity index (χ4v) is 2.12. The highest BCUT2D eigenvalue weighted by molar-refractivity contribution is 7.98.